The van der Waals surface area contributed by atoms with Gasteiger partial charge in [0.05, 0.1) is 16.6 Å². The minimum Gasteiger partial charge on any atom is -0.391 e. The molecule has 0 unspecified atom stereocenters. The lowest BCUT2D eigenvalue weighted by molar-refractivity contribution is -0.385. The molecular weight excluding hydrogens is 255 g/mol. The number of nitro groups is 1. The Bertz CT molecular complexity index is 547. The van der Waals surface area contributed by atoms with Gasteiger partial charge in [-0.05, 0) is 18.9 Å². The Morgan fingerprint density at radius 1 is 1.58 bits per heavy atom. The van der Waals surface area contributed by atoms with Gasteiger partial charge in [-0.15, -0.1) is 0 Å². The molecule has 1 heterocycles. The molecule has 0 aliphatic carbocycles. The van der Waals surface area contributed by atoms with Crippen molar-refractivity contribution in [1.82, 2.24) is 4.90 Å². The number of aryl methyl sites for hydroxylation is 1. The van der Waals surface area contributed by atoms with Crippen LogP contribution >= 0.6 is 0 Å². The third-order valence-electron chi connectivity index (χ3n) is 3.13. The normalized spacial score (nSPS) is 18.7. The number of hydrogen-bond donors (Lipinski definition) is 1. The number of likely N-dealkylation sites (tertiary alicyclic amines) is 1. The van der Waals surface area contributed by atoms with E-state index < -0.39 is 22.8 Å². The lowest BCUT2D eigenvalue weighted by Crippen LogP contribution is -2.30. The van der Waals surface area contributed by atoms with Gasteiger partial charge in [0.1, 0.15) is 5.82 Å². The zero-order valence-corrected chi connectivity index (χ0v) is 10.3. The molecule has 1 atom stereocenters. The van der Waals surface area contributed by atoms with E-state index >= 15 is 0 Å². The number of aliphatic hydroxyl groups is 1. The molecule has 1 fully saturated rings. The van der Waals surface area contributed by atoms with Crippen LogP contribution in [0, 0.1) is 22.9 Å². The highest BCUT2D eigenvalue weighted by atomic mass is 19.1. The van der Waals surface area contributed by atoms with E-state index in [0.29, 0.717) is 13.0 Å². The summed E-state index contributed by atoms with van der Waals surface area (Å²) < 4.78 is 13.9. The highest BCUT2D eigenvalue weighted by molar-refractivity contribution is 5.95. The maximum Gasteiger partial charge on any atom is 0.270 e. The van der Waals surface area contributed by atoms with Gasteiger partial charge in [0.25, 0.3) is 11.6 Å². The van der Waals surface area contributed by atoms with E-state index in [0.717, 1.165) is 12.1 Å². The number of carbonyl (C=O) groups is 1. The molecule has 0 saturated carbocycles. The number of benzene rings is 1. The van der Waals surface area contributed by atoms with Gasteiger partial charge in [-0.2, -0.15) is 0 Å². The molecule has 1 amide bonds. The quantitative estimate of drug-likeness (QED) is 0.646. The number of hydrogen-bond acceptors (Lipinski definition) is 4. The summed E-state index contributed by atoms with van der Waals surface area (Å²) in [5.41, 5.74) is -0.583. The minimum absolute atomic E-state index is 0.0531. The summed E-state index contributed by atoms with van der Waals surface area (Å²) in [6, 6.07) is 2.03. The molecule has 0 bridgehead atoms. The van der Waals surface area contributed by atoms with Gasteiger partial charge in [0, 0.05) is 25.2 Å². The van der Waals surface area contributed by atoms with Gasteiger partial charge in [0.15, 0.2) is 0 Å². The Labute approximate surface area is 108 Å². The van der Waals surface area contributed by atoms with E-state index in [1.165, 1.54) is 11.8 Å². The third-order valence-corrected chi connectivity index (χ3v) is 3.13. The minimum atomic E-state index is -0.753. The summed E-state index contributed by atoms with van der Waals surface area (Å²) in [6.07, 6.45) is -0.187. The highest BCUT2D eigenvalue weighted by Crippen LogP contribution is 2.23. The number of amides is 1. The van der Waals surface area contributed by atoms with Crippen LogP contribution in [-0.2, 0) is 0 Å². The molecule has 1 aliphatic rings. The molecule has 1 N–H and O–H groups in total. The van der Waals surface area contributed by atoms with E-state index in [4.69, 9.17) is 0 Å². The monoisotopic (exact) mass is 268 g/mol. The standard InChI is InChI=1S/C12H13FN2O4/c1-7-4-8(15(18)19)5-10(11(7)13)12(17)14-3-2-9(16)6-14/h4-5,9,16H,2-3,6H2,1H3/t9-/m0/s1. The Morgan fingerprint density at radius 2 is 2.26 bits per heavy atom. The van der Waals surface area contributed by atoms with Gasteiger partial charge in [-0.1, -0.05) is 0 Å². The van der Waals surface area contributed by atoms with Gasteiger partial charge < -0.3 is 10.0 Å². The fourth-order valence-corrected chi connectivity index (χ4v) is 2.11. The molecule has 1 saturated heterocycles. The van der Waals surface area contributed by atoms with E-state index in [9.17, 15) is 24.4 Å². The summed E-state index contributed by atoms with van der Waals surface area (Å²) in [5.74, 6) is -1.38. The van der Waals surface area contributed by atoms with Crippen molar-refractivity contribution in [3.05, 3.63) is 39.2 Å². The average Bonchev–Trinajstić information content (AvgIpc) is 2.78. The van der Waals surface area contributed by atoms with Crippen LogP contribution in [0.5, 0.6) is 0 Å². The van der Waals surface area contributed by atoms with Crippen LogP contribution in [0.3, 0.4) is 0 Å². The Balaban J connectivity index is 2.38. The number of aliphatic hydroxyl groups excluding tert-OH is 1. The molecule has 6 nitrogen and oxygen atoms in total. The number of carbonyl (C=O) groups excluding carboxylic acids is 1. The van der Waals surface area contributed by atoms with Crippen molar-refractivity contribution in [1.29, 1.82) is 0 Å². The second-order valence-electron chi connectivity index (χ2n) is 4.57. The van der Waals surface area contributed by atoms with Crippen molar-refractivity contribution in [2.45, 2.75) is 19.4 Å². The van der Waals surface area contributed by atoms with Crippen molar-refractivity contribution in [3.63, 3.8) is 0 Å². The van der Waals surface area contributed by atoms with Gasteiger partial charge in [-0.25, -0.2) is 4.39 Å². The van der Waals surface area contributed by atoms with Gasteiger partial charge >= 0.3 is 0 Å². The van der Waals surface area contributed by atoms with Crippen molar-refractivity contribution in [2.24, 2.45) is 0 Å². The first-order valence-corrected chi connectivity index (χ1v) is 5.82. The second-order valence-corrected chi connectivity index (χ2v) is 4.57. The van der Waals surface area contributed by atoms with Crippen molar-refractivity contribution < 1.29 is 19.2 Å². The van der Waals surface area contributed by atoms with Crippen LogP contribution in [0.4, 0.5) is 10.1 Å². The number of β-amino-alcohol motifs (C(OH)–C–C–N with tert-alkyl or cyclic N) is 1. The predicted molar refractivity (Wildman–Crippen MR) is 64.3 cm³/mol. The predicted octanol–water partition coefficient (Wildman–Crippen LogP) is 1.25. The van der Waals surface area contributed by atoms with Crippen LogP contribution in [-0.4, -0.2) is 40.0 Å². The molecule has 19 heavy (non-hydrogen) atoms. The number of nitro benzene ring substituents is 1. The largest absolute Gasteiger partial charge is 0.391 e. The van der Waals surface area contributed by atoms with Crippen molar-refractivity contribution >= 4 is 11.6 Å². The first-order valence-electron chi connectivity index (χ1n) is 5.82. The van der Waals surface area contributed by atoms with Crippen LogP contribution < -0.4 is 0 Å². The maximum atomic E-state index is 13.9. The molecule has 7 heteroatoms. The Kier molecular flexibility index (Phi) is 3.48. The second kappa shape index (κ2) is 4.93. The summed E-state index contributed by atoms with van der Waals surface area (Å²) >= 11 is 0. The lowest BCUT2D eigenvalue weighted by atomic mass is 10.1. The smallest absolute Gasteiger partial charge is 0.270 e. The average molecular weight is 268 g/mol. The van der Waals surface area contributed by atoms with Crippen molar-refractivity contribution in [2.75, 3.05) is 13.1 Å². The van der Waals surface area contributed by atoms with Crippen molar-refractivity contribution in [3.8, 4) is 0 Å². The summed E-state index contributed by atoms with van der Waals surface area (Å²) in [4.78, 5) is 23.5. The topological polar surface area (TPSA) is 83.7 Å². The molecule has 1 aliphatic heterocycles. The summed E-state index contributed by atoms with van der Waals surface area (Å²) in [7, 11) is 0. The number of halogens is 1. The first kappa shape index (κ1) is 13.4. The molecular formula is C12H13FN2O4. The van der Waals surface area contributed by atoms with Gasteiger partial charge in [-0.3, -0.25) is 14.9 Å². The molecule has 1 aromatic rings. The molecule has 0 aromatic heterocycles. The fraction of sp³-hybridized carbons (Fsp3) is 0.417. The Morgan fingerprint density at radius 3 is 2.79 bits per heavy atom. The van der Waals surface area contributed by atoms with E-state index in [1.807, 2.05) is 0 Å². The third kappa shape index (κ3) is 2.55. The summed E-state index contributed by atoms with van der Waals surface area (Å²) in [6.45, 7) is 1.82. The number of non-ortho nitro benzene ring substituents is 1. The van der Waals surface area contributed by atoms with E-state index in [-0.39, 0.29) is 23.4 Å². The molecule has 102 valence electrons. The van der Waals surface area contributed by atoms with Crippen LogP contribution in [0.1, 0.15) is 22.3 Å². The van der Waals surface area contributed by atoms with Gasteiger partial charge in [0.2, 0.25) is 0 Å². The van der Waals surface area contributed by atoms with E-state index in [1.54, 1.807) is 0 Å². The lowest BCUT2D eigenvalue weighted by Gasteiger charge is -2.16. The maximum absolute atomic E-state index is 13.9. The zero-order valence-electron chi connectivity index (χ0n) is 10.3. The molecule has 2 rings (SSSR count). The zero-order chi connectivity index (χ0) is 14.2. The summed E-state index contributed by atoms with van der Waals surface area (Å²) in [5, 5.41) is 20.1. The molecule has 0 spiro atoms. The number of nitrogens with zero attached hydrogens (tertiary/aromatic N) is 2. The number of rotatable bonds is 2. The van der Waals surface area contributed by atoms with Crippen LogP contribution in [0.2, 0.25) is 0 Å². The highest BCUT2D eigenvalue weighted by Gasteiger charge is 2.29. The SMILES string of the molecule is Cc1cc([N+](=O)[O-])cc(C(=O)N2CC[C@H](O)C2)c1F. The molecule has 1 aromatic carbocycles. The Hall–Kier alpha value is -2.02. The molecule has 0 radical (unpaired) electrons. The fourth-order valence-electron chi connectivity index (χ4n) is 2.11. The first-order chi connectivity index (χ1) is 8.90. The van der Waals surface area contributed by atoms with E-state index in [2.05, 4.69) is 0 Å². The van der Waals surface area contributed by atoms with Crippen LogP contribution in [0.25, 0.3) is 0 Å². The van der Waals surface area contributed by atoms with Crippen LogP contribution in [0.15, 0.2) is 12.1 Å².